The van der Waals surface area contributed by atoms with E-state index in [9.17, 15) is 14.0 Å². The second-order valence-electron chi connectivity index (χ2n) is 7.51. The summed E-state index contributed by atoms with van der Waals surface area (Å²) in [6.45, 7) is 3.80. The maximum absolute atomic E-state index is 13.5. The minimum absolute atomic E-state index is 0.0486. The van der Waals surface area contributed by atoms with E-state index >= 15 is 0 Å². The number of nitrogens with one attached hydrogen (secondary N) is 2. The molecule has 0 spiro atoms. The molecule has 1 heterocycles. The number of rotatable bonds is 8. The monoisotopic (exact) mass is 406 g/mol. The molecule has 8 nitrogen and oxygen atoms in total. The van der Waals surface area contributed by atoms with Gasteiger partial charge in [0.05, 0.1) is 33.4 Å². The lowest BCUT2D eigenvalue weighted by molar-refractivity contribution is -0.130. The molecule has 2 amide bonds. The predicted octanol–water partition coefficient (Wildman–Crippen LogP) is 1.26. The third-order valence-corrected chi connectivity index (χ3v) is 4.77. The Morgan fingerprint density at radius 3 is 2.62 bits per heavy atom. The van der Waals surface area contributed by atoms with Gasteiger partial charge in [-0.3, -0.25) is 9.59 Å². The van der Waals surface area contributed by atoms with Gasteiger partial charge in [0.2, 0.25) is 5.91 Å². The zero-order valence-corrected chi connectivity index (χ0v) is 17.1. The summed E-state index contributed by atoms with van der Waals surface area (Å²) in [6, 6.07) is 6.09. The molecule has 0 saturated carbocycles. The van der Waals surface area contributed by atoms with Crippen LogP contribution in [0.1, 0.15) is 30.6 Å². The van der Waals surface area contributed by atoms with Gasteiger partial charge in [0.1, 0.15) is 12.2 Å². The van der Waals surface area contributed by atoms with Crippen LogP contribution in [0.5, 0.6) is 11.5 Å². The highest BCUT2D eigenvalue weighted by Gasteiger charge is 2.35. The van der Waals surface area contributed by atoms with E-state index in [0.717, 1.165) is 0 Å². The summed E-state index contributed by atoms with van der Waals surface area (Å²) < 4.78 is 23.8. The Hall–Kier alpha value is -2.86. The lowest BCUT2D eigenvalue weighted by atomic mass is 10.1. The van der Waals surface area contributed by atoms with Gasteiger partial charge in [-0.05, 0) is 32.0 Å². The number of hydrogen-bond donors (Lipinski definition) is 2. The van der Waals surface area contributed by atoms with Crippen LogP contribution in [0, 0.1) is 11.3 Å². The van der Waals surface area contributed by atoms with E-state index in [4.69, 9.17) is 14.7 Å². The van der Waals surface area contributed by atoms with Crippen molar-refractivity contribution >= 4 is 11.8 Å². The zero-order valence-electron chi connectivity index (χ0n) is 17.1. The second-order valence-corrected chi connectivity index (χ2v) is 7.51. The van der Waals surface area contributed by atoms with Gasteiger partial charge in [-0.1, -0.05) is 0 Å². The van der Waals surface area contributed by atoms with Crippen molar-refractivity contribution in [1.29, 1.82) is 5.26 Å². The first kappa shape index (κ1) is 22.4. The quantitative estimate of drug-likeness (QED) is 0.674. The van der Waals surface area contributed by atoms with Gasteiger partial charge in [-0.15, -0.1) is 0 Å². The predicted molar refractivity (Wildman–Crippen MR) is 105 cm³/mol. The molecule has 2 rings (SSSR count). The summed E-state index contributed by atoms with van der Waals surface area (Å²) in [4.78, 5) is 26.0. The Labute approximate surface area is 170 Å². The molecule has 0 unspecified atom stereocenters. The largest absolute Gasteiger partial charge is 0.493 e. The molecular weight excluding hydrogens is 379 g/mol. The second kappa shape index (κ2) is 9.56. The van der Waals surface area contributed by atoms with E-state index in [1.54, 1.807) is 18.2 Å². The third-order valence-electron chi connectivity index (χ3n) is 4.77. The number of halogens is 1. The molecule has 1 aromatic carbocycles. The van der Waals surface area contributed by atoms with Crippen LogP contribution in [0.2, 0.25) is 0 Å². The molecule has 1 aliphatic rings. The number of hydrogen-bond acceptors (Lipinski definition) is 6. The minimum Gasteiger partial charge on any atom is -0.493 e. The molecule has 1 aliphatic heterocycles. The van der Waals surface area contributed by atoms with Gasteiger partial charge < -0.3 is 25.0 Å². The number of likely N-dealkylation sites (tertiary alicyclic amines) is 1. The van der Waals surface area contributed by atoms with Crippen molar-refractivity contribution in [1.82, 2.24) is 15.5 Å². The van der Waals surface area contributed by atoms with Crippen LogP contribution in [-0.2, 0) is 4.79 Å². The summed E-state index contributed by atoms with van der Waals surface area (Å²) in [7, 11) is 3.01. The molecule has 0 aliphatic carbocycles. The molecule has 0 bridgehead atoms. The van der Waals surface area contributed by atoms with Crippen LogP contribution in [0.15, 0.2) is 18.2 Å². The summed E-state index contributed by atoms with van der Waals surface area (Å²) in [6.07, 6.45) is -1.12. The summed E-state index contributed by atoms with van der Waals surface area (Å²) in [5.74, 6) is 0.345. The van der Waals surface area contributed by atoms with Crippen LogP contribution in [0.4, 0.5) is 4.39 Å². The van der Waals surface area contributed by atoms with E-state index in [2.05, 4.69) is 10.6 Å². The number of ether oxygens (including phenoxy) is 2. The normalized spacial score (nSPS) is 18.8. The van der Waals surface area contributed by atoms with E-state index in [1.807, 2.05) is 19.9 Å². The van der Waals surface area contributed by atoms with Gasteiger partial charge in [0.25, 0.3) is 5.91 Å². The third kappa shape index (κ3) is 5.81. The van der Waals surface area contributed by atoms with E-state index in [0.29, 0.717) is 17.1 Å². The molecule has 1 aromatic rings. The molecule has 2 N–H and O–H groups in total. The van der Waals surface area contributed by atoms with Gasteiger partial charge in [0.15, 0.2) is 11.5 Å². The lowest BCUT2D eigenvalue weighted by Gasteiger charge is -2.28. The standard InChI is InChI=1S/C20H27FN4O4/c1-20(2,24-10-18(26)25-11-14(21)8-15(25)9-22)12-23-19(27)13-5-6-16(28-3)17(7-13)29-4/h5-7,14-15,24H,8,10-12H2,1-4H3,(H,23,27)/t14-,15-/m0/s1. The van der Waals surface area contributed by atoms with Crippen LogP contribution < -0.4 is 20.1 Å². The first-order valence-corrected chi connectivity index (χ1v) is 9.29. The van der Waals surface area contributed by atoms with E-state index < -0.39 is 17.8 Å². The highest BCUT2D eigenvalue weighted by Crippen LogP contribution is 2.27. The van der Waals surface area contributed by atoms with Crippen LogP contribution in [0.25, 0.3) is 0 Å². The molecule has 0 radical (unpaired) electrons. The van der Waals surface area contributed by atoms with Gasteiger partial charge >= 0.3 is 0 Å². The number of amides is 2. The van der Waals surface area contributed by atoms with Crippen molar-refractivity contribution in [2.75, 3.05) is 33.9 Å². The smallest absolute Gasteiger partial charge is 0.251 e. The number of nitrogens with zero attached hydrogens (tertiary/aromatic N) is 2. The highest BCUT2D eigenvalue weighted by molar-refractivity contribution is 5.95. The number of carbonyl (C=O) groups excluding carboxylic acids is 2. The molecule has 9 heteroatoms. The summed E-state index contributed by atoms with van der Waals surface area (Å²) in [5, 5.41) is 14.9. The summed E-state index contributed by atoms with van der Waals surface area (Å²) in [5.41, 5.74) is -0.184. The summed E-state index contributed by atoms with van der Waals surface area (Å²) >= 11 is 0. The van der Waals surface area contributed by atoms with Crippen molar-refractivity contribution in [2.45, 2.75) is 38.0 Å². The maximum atomic E-state index is 13.5. The van der Waals surface area contributed by atoms with E-state index in [-0.39, 0.29) is 37.9 Å². The van der Waals surface area contributed by atoms with Crippen molar-refractivity contribution < 1.29 is 23.5 Å². The topological polar surface area (TPSA) is 104 Å². The van der Waals surface area contributed by atoms with Crippen molar-refractivity contribution in [3.8, 4) is 17.6 Å². The van der Waals surface area contributed by atoms with Crippen molar-refractivity contribution in [3.63, 3.8) is 0 Å². The molecular formula is C20H27FN4O4. The first-order chi connectivity index (χ1) is 13.7. The van der Waals surface area contributed by atoms with Crippen molar-refractivity contribution in [2.24, 2.45) is 0 Å². The average molecular weight is 406 g/mol. The molecule has 158 valence electrons. The molecule has 2 atom stereocenters. The highest BCUT2D eigenvalue weighted by atomic mass is 19.1. The van der Waals surface area contributed by atoms with Gasteiger partial charge in [-0.25, -0.2) is 4.39 Å². The number of carbonyl (C=O) groups is 2. The average Bonchev–Trinajstić information content (AvgIpc) is 3.10. The number of alkyl halides is 1. The van der Waals surface area contributed by atoms with Crippen LogP contribution in [0.3, 0.4) is 0 Å². The van der Waals surface area contributed by atoms with Crippen molar-refractivity contribution in [3.05, 3.63) is 23.8 Å². The maximum Gasteiger partial charge on any atom is 0.251 e. The Balaban J connectivity index is 1.88. The molecule has 1 fully saturated rings. The number of benzene rings is 1. The fourth-order valence-corrected chi connectivity index (χ4v) is 3.04. The zero-order chi connectivity index (χ0) is 21.6. The van der Waals surface area contributed by atoms with Crippen LogP contribution >= 0.6 is 0 Å². The number of methoxy groups -OCH3 is 2. The Morgan fingerprint density at radius 1 is 1.31 bits per heavy atom. The van der Waals surface area contributed by atoms with Crippen LogP contribution in [-0.4, -0.2) is 68.3 Å². The Bertz CT molecular complexity index is 793. The Morgan fingerprint density at radius 2 is 2.00 bits per heavy atom. The minimum atomic E-state index is -1.17. The fraction of sp³-hybridized carbons (Fsp3) is 0.550. The molecule has 29 heavy (non-hydrogen) atoms. The molecule has 1 saturated heterocycles. The van der Waals surface area contributed by atoms with Gasteiger partial charge in [-0.2, -0.15) is 5.26 Å². The fourth-order valence-electron chi connectivity index (χ4n) is 3.04. The molecule has 0 aromatic heterocycles. The Kier molecular flexibility index (Phi) is 7.40. The SMILES string of the molecule is COc1ccc(C(=O)NCC(C)(C)NCC(=O)N2C[C@@H](F)C[C@H]2C#N)cc1OC. The first-order valence-electron chi connectivity index (χ1n) is 9.29. The lowest BCUT2D eigenvalue weighted by Crippen LogP contribution is -2.52. The van der Waals surface area contributed by atoms with Gasteiger partial charge in [0, 0.05) is 24.1 Å². The number of nitriles is 1. The van der Waals surface area contributed by atoms with E-state index in [1.165, 1.54) is 19.1 Å².